The lowest BCUT2D eigenvalue weighted by atomic mass is 10.1. The summed E-state index contributed by atoms with van der Waals surface area (Å²) >= 11 is 12.1. The summed E-state index contributed by atoms with van der Waals surface area (Å²) in [5, 5.41) is 12.3. The minimum absolute atomic E-state index is 0.00828. The molecule has 0 heterocycles. The molecule has 12 heteroatoms. The maximum Gasteiger partial charge on any atom is 0.349 e. The van der Waals surface area contributed by atoms with Crippen molar-refractivity contribution in [1.82, 2.24) is 0 Å². The number of anilines is 1. The van der Waals surface area contributed by atoms with E-state index in [1.54, 1.807) is 18.2 Å². The highest BCUT2D eigenvalue weighted by Gasteiger charge is 2.41. The van der Waals surface area contributed by atoms with E-state index >= 15 is 0 Å². The molecule has 1 amide bonds. The molecular weight excluding hydrogens is 541 g/mol. The first-order chi connectivity index (χ1) is 18.2. The molecule has 0 bridgehead atoms. The predicted octanol–water partition coefficient (Wildman–Crippen LogP) is 4.48. The highest BCUT2D eigenvalue weighted by atomic mass is 35.5. The molecule has 0 radical (unpaired) electrons. The van der Waals surface area contributed by atoms with Crippen molar-refractivity contribution >= 4 is 52.7 Å². The van der Waals surface area contributed by atoms with E-state index in [2.05, 4.69) is 5.32 Å². The van der Waals surface area contributed by atoms with E-state index in [9.17, 15) is 24.3 Å². The van der Waals surface area contributed by atoms with Crippen LogP contribution >= 0.6 is 23.2 Å². The summed E-state index contributed by atoms with van der Waals surface area (Å²) in [5.74, 6) is -4.67. The number of rotatable bonds is 10. The van der Waals surface area contributed by atoms with Gasteiger partial charge in [-0.3, -0.25) is 4.79 Å². The minimum Gasteiger partial charge on any atom is -0.497 e. The molecule has 198 valence electrons. The molecular formula is C26H21Cl2NO9. The lowest BCUT2D eigenvalue weighted by Gasteiger charge is -2.24. The van der Waals surface area contributed by atoms with E-state index in [1.165, 1.54) is 62.8 Å². The van der Waals surface area contributed by atoms with Crippen LogP contribution in [-0.2, 0) is 19.1 Å². The Kier molecular flexibility index (Phi) is 9.53. The molecule has 0 aliphatic carbocycles. The zero-order valence-corrected chi connectivity index (χ0v) is 21.5. The fourth-order valence-electron chi connectivity index (χ4n) is 3.22. The first-order valence-corrected chi connectivity index (χ1v) is 11.6. The number of methoxy groups -OCH3 is 2. The maximum absolute atomic E-state index is 13.4. The van der Waals surface area contributed by atoms with Gasteiger partial charge in [-0.15, -0.1) is 0 Å². The third-order valence-corrected chi connectivity index (χ3v) is 5.76. The fourth-order valence-corrected chi connectivity index (χ4v) is 3.65. The molecule has 0 unspecified atom stereocenters. The van der Waals surface area contributed by atoms with Crippen LogP contribution < -0.4 is 14.8 Å². The normalized spacial score (nSPS) is 12.0. The Bertz CT molecular complexity index is 1360. The Balaban J connectivity index is 2.00. The molecule has 0 saturated carbocycles. The summed E-state index contributed by atoms with van der Waals surface area (Å²) in [5.41, 5.74) is -0.240. The molecule has 38 heavy (non-hydrogen) atoms. The molecule has 0 spiro atoms. The number of hydrogen-bond donors (Lipinski definition) is 2. The quantitative estimate of drug-likeness (QED) is 0.343. The summed E-state index contributed by atoms with van der Waals surface area (Å²) in [6, 6.07) is 16.0. The molecule has 3 aromatic rings. The summed E-state index contributed by atoms with van der Waals surface area (Å²) in [4.78, 5) is 51.2. The van der Waals surface area contributed by atoms with Gasteiger partial charge in [0.25, 0.3) is 5.91 Å². The first-order valence-electron chi connectivity index (χ1n) is 10.8. The van der Waals surface area contributed by atoms with Crippen LogP contribution in [0.5, 0.6) is 11.5 Å². The molecule has 2 N–H and O–H groups in total. The van der Waals surface area contributed by atoms with Gasteiger partial charge in [-0.1, -0.05) is 47.5 Å². The zero-order chi connectivity index (χ0) is 27.8. The number of carbonyl (C=O) groups excluding carboxylic acids is 3. The molecule has 10 nitrogen and oxygen atoms in total. The van der Waals surface area contributed by atoms with Crippen molar-refractivity contribution in [2.24, 2.45) is 0 Å². The van der Waals surface area contributed by atoms with Gasteiger partial charge in [0.15, 0.2) is 0 Å². The number of nitrogens with one attached hydrogen (secondary N) is 1. The van der Waals surface area contributed by atoms with Crippen molar-refractivity contribution in [2.45, 2.75) is 12.2 Å². The zero-order valence-electron chi connectivity index (χ0n) is 20.0. The third-order valence-electron chi connectivity index (χ3n) is 5.10. The van der Waals surface area contributed by atoms with Gasteiger partial charge in [-0.05, 0) is 36.4 Å². The molecule has 0 aromatic heterocycles. The number of hydrogen-bond acceptors (Lipinski definition) is 8. The monoisotopic (exact) mass is 561 g/mol. The van der Waals surface area contributed by atoms with Crippen LogP contribution in [0.15, 0.2) is 66.7 Å². The van der Waals surface area contributed by atoms with Crippen molar-refractivity contribution in [1.29, 1.82) is 0 Å². The van der Waals surface area contributed by atoms with Crippen molar-refractivity contribution in [2.75, 3.05) is 19.5 Å². The Morgan fingerprint density at radius 1 is 0.763 bits per heavy atom. The lowest BCUT2D eigenvalue weighted by Crippen LogP contribution is -2.48. The molecule has 3 rings (SSSR count). The summed E-state index contributed by atoms with van der Waals surface area (Å²) < 4.78 is 20.8. The highest BCUT2D eigenvalue weighted by Crippen LogP contribution is 2.30. The molecule has 2 atom stereocenters. The van der Waals surface area contributed by atoms with E-state index in [4.69, 9.17) is 42.1 Å². The van der Waals surface area contributed by atoms with Crippen LogP contribution in [0, 0.1) is 0 Å². The first kappa shape index (κ1) is 28.3. The molecule has 0 saturated heterocycles. The van der Waals surface area contributed by atoms with E-state index in [1.807, 2.05) is 0 Å². The van der Waals surface area contributed by atoms with E-state index in [0.717, 1.165) is 0 Å². The average molecular weight is 562 g/mol. The SMILES string of the molecule is COc1ccc(OC)c(NC(=O)[C@H](OC(=O)c2ccccc2Cl)[C@H](OC(=O)c2ccccc2Cl)C(=O)O)c1. The second-order valence-electron chi connectivity index (χ2n) is 7.51. The topological polar surface area (TPSA) is 137 Å². The van der Waals surface area contributed by atoms with Crippen LogP contribution in [0.1, 0.15) is 20.7 Å². The van der Waals surface area contributed by atoms with E-state index in [-0.39, 0.29) is 32.6 Å². The number of carbonyl (C=O) groups is 4. The number of carboxylic acids is 1. The number of amides is 1. The largest absolute Gasteiger partial charge is 0.497 e. The molecule has 0 fully saturated rings. The Hall–Kier alpha value is -4.28. The van der Waals surface area contributed by atoms with Crippen LogP contribution in [0.2, 0.25) is 10.0 Å². The van der Waals surface area contributed by atoms with Crippen molar-refractivity contribution in [3.63, 3.8) is 0 Å². The summed E-state index contributed by atoms with van der Waals surface area (Å²) in [7, 11) is 2.74. The van der Waals surface area contributed by atoms with Gasteiger partial charge >= 0.3 is 17.9 Å². The van der Waals surface area contributed by atoms with Crippen molar-refractivity contribution in [3.8, 4) is 11.5 Å². The van der Waals surface area contributed by atoms with E-state index < -0.39 is 36.0 Å². The number of esters is 2. The van der Waals surface area contributed by atoms with Crippen LogP contribution in [0.3, 0.4) is 0 Å². The second kappa shape index (κ2) is 12.8. The standard InChI is InChI=1S/C26H21Cl2NO9/c1-35-14-11-12-20(36-2)19(13-14)29-23(30)21(37-25(33)15-7-3-5-9-17(15)27)22(24(31)32)38-26(34)16-8-4-6-10-18(16)28/h3-13,21-22H,1-2H3,(H,29,30)(H,31,32)/t21-,22+/m1/s1. The van der Waals surface area contributed by atoms with Gasteiger partial charge in [0.2, 0.25) is 12.2 Å². The summed E-state index contributed by atoms with van der Waals surface area (Å²) in [6.45, 7) is 0. The van der Waals surface area contributed by atoms with Gasteiger partial charge in [0.05, 0.1) is 41.1 Å². The minimum atomic E-state index is -2.28. The highest BCUT2D eigenvalue weighted by molar-refractivity contribution is 6.34. The smallest absolute Gasteiger partial charge is 0.349 e. The fraction of sp³-hybridized carbons (Fsp3) is 0.154. The van der Waals surface area contributed by atoms with Crippen LogP contribution in [-0.4, -0.2) is 55.3 Å². The predicted molar refractivity (Wildman–Crippen MR) is 137 cm³/mol. The van der Waals surface area contributed by atoms with Gasteiger partial charge in [0.1, 0.15) is 11.5 Å². The number of carboxylic acid groups (broad SMARTS) is 1. The van der Waals surface area contributed by atoms with E-state index in [0.29, 0.717) is 5.75 Å². The Labute approximate surface area is 227 Å². The number of halogens is 2. The molecule has 0 aliphatic rings. The lowest BCUT2D eigenvalue weighted by molar-refractivity contribution is -0.157. The van der Waals surface area contributed by atoms with Crippen molar-refractivity contribution in [3.05, 3.63) is 87.9 Å². The van der Waals surface area contributed by atoms with Crippen LogP contribution in [0.4, 0.5) is 5.69 Å². The third kappa shape index (κ3) is 6.72. The second-order valence-corrected chi connectivity index (χ2v) is 8.32. The average Bonchev–Trinajstić information content (AvgIpc) is 2.90. The Morgan fingerprint density at radius 2 is 1.29 bits per heavy atom. The van der Waals surface area contributed by atoms with Gasteiger partial charge in [-0.25, -0.2) is 14.4 Å². The number of ether oxygens (including phenoxy) is 4. The Morgan fingerprint density at radius 3 is 1.76 bits per heavy atom. The molecule has 0 aliphatic heterocycles. The van der Waals surface area contributed by atoms with Gasteiger partial charge < -0.3 is 29.4 Å². The number of aliphatic carboxylic acids is 1. The van der Waals surface area contributed by atoms with Gasteiger partial charge in [0, 0.05) is 6.07 Å². The van der Waals surface area contributed by atoms with Crippen LogP contribution in [0.25, 0.3) is 0 Å². The maximum atomic E-state index is 13.4. The van der Waals surface area contributed by atoms with Gasteiger partial charge in [-0.2, -0.15) is 0 Å². The summed E-state index contributed by atoms with van der Waals surface area (Å²) in [6.07, 6.45) is -4.44. The number of benzene rings is 3. The molecule has 3 aromatic carbocycles. The van der Waals surface area contributed by atoms with Crippen molar-refractivity contribution < 1.29 is 43.2 Å².